The third kappa shape index (κ3) is 3.30. The van der Waals surface area contributed by atoms with Gasteiger partial charge in [0.1, 0.15) is 0 Å². The topological polar surface area (TPSA) is 66.4 Å². The van der Waals surface area contributed by atoms with Crippen molar-refractivity contribution in [2.75, 3.05) is 0 Å². The van der Waals surface area contributed by atoms with Crippen LogP contribution in [0.3, 0.4) is 0 Å². The number of aliphatic hydroxyl groups excluding tert-OH is 1. The number of nitrogens with one attached hydrogen (secondary N) is 1. The Balaban J connectivity index is 1.64. The number of hydrogen-bond acceptors (Lipinski definition) is 3. The van der Waals surface area contributed by atoms with Crippen LogP contribution in [-0.2, 0) is 10.0 Å². The average Bonchev–Trinajstić information content (AvgIpc) is 2.97. The molecule has 0 aromatic carbocycles. The van der Waals surface area contributed by atoms with Crippen LogP contribution in [0.5, 0.6) is 0 Å². The van der Waals surface area contributed by atoms with Gasteiger partial charge in [-0.15, -0.1) is 0 Å². The third-order valence-electron chi connectivity index (χ3n) is 9.05. The van der Waals surface area contributed by atoms with Crippen LogP contribution in [0.15, 0.2) is 0 Å². The second-order valence-corrected chi connectivity index (χ2v) is 12.4. The van der Waals surface area contributed by atoms with Crippen LogP contribution in [-0.4, -0.2) is 30.4 Å². The smallest absolute Gasteiger partial charge is 0.215 e. The van der Waals surface area contributed by atoms with Gasteiger partial charge in [-0.25, -0.2) is 13.1 Å². The summed E-state index contributed by atoms with van der Waals surface area (Å²) in [6.45, 7) is 4.33. The van der Waals surface area contributed by atoms with E-state index < -0.39 is 21.7 Å². The zero-order valence-electron chi connectivity index (χ0n) is 17.3. The molecule has 4 aliphatic carbocycles. The fraction of sp³-hybridized carbons (Fsp3) is 1.00. The molecule has 0 saturated heterocycles. The molecule has 4 saturated carbocycles. The number of sulfonamides is 1. The van der Waals surface area contributed by atoms with E-state index in [9.17, 15) is 13.5 Å². The number of hydrogen-bond donors (Lipinski definition) is 2. The van der Waals surface area contributed by atoms with E-state index in [0.717, 1.165) is 44.9 Å². The lowest BCUT2D eigenvalue weighted by atomic mass is 9.76. The lowest BCUT2D eigenvalue weighted by Gasteiger charge is -2.44. The minimum Gasteiger partial charge on any atom is -0.391 e. The molecule has 4 rings (SSSR count). The van der Waals surface area contributed by atoms with Crippen molar-refractivity contribution in [2.45, 2.75) is 114 Å². The molecule has 27 heavy (non-hydrogen) atoms. The Bertz CT molecular complexity index is 616. The molecule has 3 atom stereocenters. The molecule has 0 aromatic heterocycles. The number of rotatable bonds is 5. The summed E-state index contributed by atoms with van der Waals surface area (Å²) < 4.78 is 31.0. The van der Waals surface area contributed by atoms with E-state index in [1.807, 2.05) is 0 Å². The van der Waals surface area contributed by atoms with Crippen LogP contribution in [0, 0.1) is 23.2 Å². The van der Waals surface area contributed by atoms with Crippen molar-refractivity contribution in [1.29, 1.82) is 0 Å². The highest BCUT2D eigenvalue weighted by Gasteiger charge is 2.65. The standard InChI is InChI=1S/C22H39NO3S/c1-21(2)18-13-14-22(21,19(24)15-18)23-27(25,26)20(16-9-5-3-6-10-16)17-11-7-4-8-12-17/h16-20,23-24H,3-15H2,1-2H3. The minimum absolute atomic E-state index is 0.164. The molecule has 2 bridgehead atoms. The van der Waals surface area contributed by atoms with E-state index in [1.165, 1.54) is 38.5 Å². The number of fused-ring (bicyclic) bond motifs is 2. The Morgan fingerprint density at radius 3 is 1.81 bits per heavy atom. The zero-order chi connectivity index (χ0) is 19.3. The van der Waals surface area contributed by atoms with Gasteiger partial charge >= 0.3 is 0 Å². The molecule has 0 radical (unpaired) electrons. The van der Waals surface area contributed by atoms with Gasteiger partial charge in [0.05, 0.1) is 16.9 Å². The van der Waals surface area contributed by atoms with E-state index in [2.05, 4.69) is 18.6 Å². The second kappa shape index (κ2) is 7.28. The molecular weight excluding hydrogens is 358 g/mol. The van der Waals surface area contributed by atoms with Gasteiger partial charge in [-0.2, -0.15) is 0 Å². The van der Waals surface area contributed by atoms with Crippen LogP contribution < -0.4 is 4.72 Å². The van der Waals surface area contributed by atoms with Gasteiger partial charge < -0.3 is 5.11 Å². The Labute approximate surface area is 165 Å². The van der Waals surface area contributed by atoms with Crippen molar-refractivity contribution in [3.8, 4) is 0 Å². The summed E-state index contributed by atoms with van der Waals surface area (Å²) in [7, 11) is -3.46. The number of aliphatic hydroxyl groups is 1. The first-order valence-corrected chi connectivity index (χ1v) is 13.0. The monoisotopic (exact) mass is 397 g/mol. The van der Waals surface area contributed by atoms with Crippen LogP contribution in [0.2, 0.25) is 0 Å². The van der Waals surface area contributed by atoms with Crippen LogP contribution >= 0.6 is 0 Å². The quantitative estimate of drug-likeness (QED) is 0.724. The van der Waals surface area contributed by atoms with Crippen LogP contribution in [0.25, 0.3) is 0 Å². The molecule has 0 spiro atoms. The normalized spacial score (nSPS) is 37.9. The molecule has 5 heteroatoms. The van der Waals surface area contributed by atoms with Gasteiger partial charge in [-0.05, 0) is 68.1 Å². The summed E-state index contributed by atoms with van der Waals surface area (Å²) in [5.41, 5.74) is -0.818. The van der Waals surface area contributed by atoms with Crippen molar-refractivity contribution in [3.05, 3.63) is 0 Å². The van der Waals surface area contributed by atoms with Gasteiger partial charge in [0.25, 0.3) is 0 Å². The highest BCUT2D eigenvalue weighted by Crippen LogP contribution is 2.60. The van der Waals surface area contributed by atoms with Crippen molar-refractivity contribution >= 4 is 10.0 Å². The largest absolute Gasteiger partial charge is 0.391 e. The lowest BCUT2D eigenvalue weighted by molar-refractivity contribution is 0.0539. The van der Waals surface area contributed by atoms with Gasteiger partial charge in [0.2, 0.25) is 10.0 Å². The molecule has 0 heterocycles. The lowest BCUT2D eigenvalue weighted by Crippen LogP contribution is -2.62. The molecule has 2 N–H and O–H groups in total. The Morgan fingerprint density at radius 2 is 1.41 bits per heavy atom. The van der Waals surface area contributed by atoms with E-state index in [-0.39, 0.29) is 10.7 Å². The van der Waals surface area contributed by atoms with E-state index in [1.54, 1.807) is 0 Å². The molecule has 0 aromatic rings. The van der Waals surface area contributed by atoms with Crippen molar-refractivity contribution in [2.24, 2.45) is 23.2 Å². The molecule has 156 valence electrons. The Hall–Kier alpha value is -0.130. The average molecular weight is 398 g/mol. The predicted molar refractivity (Wildman–Crippen MR) is 109 cm³/mol. The molecular formula is C22H39NO3S. The van der Waals surface area contributed by atoms with Gasteiger partial charge in [-0.3, -0.25) is 0 Å². The second-order valence-electron chi connectivity index (χ2n) is 10.6. The fourth-order valence-electron chi connectivity index (χ4n) is 7.32. The van der Waals surface area contributed by atoms with Crippen molar-refractivity contribution in [1.82, 2.24) is 4.72 Å². The SMILES string of the molecule is CC1(C)C2CCC1(NS(=O)(=O)C(C1CCCCC1)C1CCCCC1)C(O)C2. The summed E-state index contributed by atoms with van der Waals surface area (Å²) in [5, 5.41) is 10.6. The molecule has 4 aliphatic rings. The highest BCUT2D eigenvalue weighted by molar-refractivity contribution is 7.90. The van der Waals surface area contributed by atoms with Gasteiger partial charge in [-0.1, -0.05) is 52.4 Å². The van der Waals surface area contributed by atoms with Crippen molar-refractivity contribution in [3.63, 3.8) is 0 Å². The maximum atomic E-state index is 13.9. The van der Waals surface area contributed by atoms with Crippen LogP contribution in [0.4, 0.5) is 0 Å². The summed E-state index contributed by atoms with van der Waals surface area (Å²) >= 11 is 0. The zero-order valence-corrected chi connectivity index (χ0v) is 18.1. The maximum absolute atomic E-state index is 13.9. The minimum atomic E-state index is -3.46. The highest BCUT2D eigenvalue weighted by atomic mass is 32.2. The van der Waals surface area contributed by atoms with E-state index in [4.69, 9.17) is 0 Å². The predicted octanol–water partition coefficient (Wildman–Crippen LogP) is 4.37. The summed E-state index contributed by atoms with van der Waals surface area (Å²) in [4.78, 5) is 0. The maximum Gasteiger partial charge on any atom is 0.215 e. The van der Waals surface area contributed by atoms with E-state index >= 15 is 0 Å². The van der Waals surface area contributed by atoms with E-state index in [0.29, 0.717) is 17.8 Å². The summed E-state index contributed by atoms with van der Waals surface area (Å²) in [6.07, 6.45) is 13.4. The Kier molecular flexibility index (Phi) is 5.44. The van der Waals surface area contributed by atoms with Gasteiger partial charge in [0, 0.05) is 0 Å². The Morgan fingerprint density at radius 1 is 0.889 bits per heavy atom. The third-order valence-corrected chi connectivity index (χ3v) is 11.2. The van der Waals surface area contributed by atoms with Crippen molar-refractivity contribution < 1.29 is 13.5 Å². The van der Waals surface area contributed by atoms with Gasteiger partial charge in [0.15, 0.2) is 0 Å². The fourth-order valence-corrected chi connectivity index (χ4v) is 10.0. The first-order chi connectivity index (χ1) is 12.8. The first-order valence-electron chi connectivity index (χ1n) is 11.5. The molecule has 4 fully saturated rings. The first kappa shape index (κ1) is 20.2. The van der Waals surface area contributed by atoms with Crippen LogP contribution in [0.1, 0.15) is 97.3 Å². The molecule has 4 nitrogen and oxygen atoms in total. The summed E-state index contributed by atoms with van der Waals surface area (Å²) in [6, 6.07) is 0. The molecule has 0 amide bonds. The molecule has 3 unspecified atom stereocenters. The molecule has 0 aliphatic heterocycles. The summed E-state index contributed by atoms with van der Waals surface area (Å²) in [5.74, 6) is 1.03.